The molecule has 26 heavy (non-hydrogen) atoms. The fourth-order valence-corrected chi connectivity index (χ4v) is 2.89. The van der Waals surface area contributed by atoms with Crippen molar-refractivity contribution in [3.05, 3.63) is 58.1 Å². The van der Waals surface area contributed by atoms with Crippen LogP contribution < -0.4 is 9.47 Å². The zero-order valence-corrected chi connectivity index (χ0v) is 16.4. The Labute approximate surface area is 161 Å². The highest BCUT2D eigenvalue weighted by atomic mass is 79.9. The first-order valence-corrected chi connectivity index (χ1v) is 9.07. The van der Waals surface area contributed by atoms with E-state index in [2.05, 4.69) is 15.9 Å². The quantitative estimate of drug-likeness (QED) is 0.439. The van der Waals surface area contributed by atoms with Gasteiger partial charge in [-0.1, -0.05) is 6.07 Å². The van der Waals surface area contributed by atoms with Crippen LogP contribution in [0.2, 0.25) is 0 Å². The lowest BCUT2D eigenvalue weighted by Crippen LogP contribution is -2.08. The average Bonchev–Trinajstić information content (AvgIpc) is 2.65. The van der Waals surface area contributed by atoms with Gasteiger partial charge in [-0.05, 0) is 64.8 Å². The van der Waals surface area contributed by atoms with E-state index in [0.29, 0.717) is 23.7 Å². The van der Waals surface area contributed by atoms with Crippen molar-refractivity contribution >= 4 is 27.7 Å². The van der Waals surface area contributed by atoms with E-state index in [4.69, 9.17) is 14.2 Å². The van der Waals surface area contributed by atoms with Crippen molar-refractivity contribution in [2.45, 2.75) is 26.4 Å². The predicted molar refractivity (Wildman–Crippen MR) is 102 cm³/mol. The molecule has 0 unspecified atom stereocenters. The molecule has 0 fully saturated rings. The minimum absolute atomic E-state index is 0.0450. The SMILES string of the molecule is CCOc1ccc(C(=O)CCC(=O)OCc2ccc(OC)c(Br)c2)cc1. The molecule has 2 aromatic rings. The van der Waals surface area contributed by atoms with Gasteiger partial charge in [-0.2, -0.15) is 0 Å². The minimum atomic E-state index is -0.406. The van der Waals surface area contributed by atoms with Crippen LogP contribution in [-0.2, 0) is 16.1 Å². The van der Waals surface area contributed by atoms with Crippen LogP contribution in [0.4, 0.5) is 0 Å². The molecule has 0 amide bonds. The van der Waals surface area contributed by atoms with Gasteiger partial charge in [0, 0.05) is 12.0 Å². The van der Waals surface area contributed by atoms with Crippen LogP contribution in [0, 0.1) is 0 Å². The van der Waals surface area contributed by atoms with Crippen molar-refractivity contribution in [3.8, 4) is 11.5 Å². The van der Waals surface area contributed by atoms with Gasteiger partial charge in [0.25, 0.3) is 0 Å². The number of hydrogen-bond donors (Lipinski definition) is 0. The van der Waals surface area contributed by atoms with Gasteiger partial charge >= 0.3 is 5.97 Å². The number of methoxy groups -OCH3 is 1. The summed E-state index contributed by atoms with van der Waals surface area (Å²) >= 11 is 3.39. The first-order chi connectivity index (χ1) is 12.5. The molecule has 0 atom stereocenters. The molecule has 0 aromatic heterocycles. The van der Waals surface area contributed by atoms with E-state index in [-0.39, 0.29) is 25.2 Å². The molecule has 0 spiro atoms. The van der Waals surface area contributed by atoms with Crippen molar-refractivity contribution in [2.75, 3.05) is 13.7 Å². The fourth-order valence-electron chi connectivity index (χ4n) is 2.30. The van der Waals surface area contributed by atoms with Gasteiger partial charge in [0.15, 0.2) is 5.78 Å². The summed E-state index contributed by atoms with van der Waals surface area (Å²) in [4.78, 5) is 24.0. The summed E-state index contributed by atoms with van der Waals surface area (Å²) in [6.45, 7) is 2.62. The van der Waals surface area contributed by atoms with Crippen molar-refractivity contribution < 1.29 is 23.8 Å². The highest BCUT2D eigenvalue weighted by Gasteiger charge is 2.11. The van der Waals surface area contributed by atoms with Crippen LogP contribution >= 0.6 is 15.9 Å². The number of benzene rings is 2. The molecule has 2 aromatic carbocycles. The second-order valence-electron chi connectivity index (χ2n) is 5.51. The Kier molecular flexibility index (Phi) is 7.66. The maximum Gasteiger partial charge on any atom is 0.306 e. The summed E-state index contributed by atoms with van der Waals surface area (Å²) in [7, 11) is 1.58. The van der Waals surface area contributed by atoms with E-state index in [1.165, 1.54) is 0 Å². The lowest BCUT2D eigenvalue weighted by Gasteiger charge is -2.08. The standard InChI is InChI=1S/C20H21BrO5/c1-3-25-16-7-5-15(6-8-16)18(22)9-11-20(23)26-13-14-4-10-19(24-2)17(21)12-14/h4-8,10,12H,3,9,11,13H2,1-2H3. The molecule has 138 valence electrons. The Morgan fingerprint density at radius 3 is 2.38 bits per heavy atom. The maximum atomic E-state index is 12.1. The molecule has 0 N–H and O–H groups in total. The van der Waals surface area contributed by atoms with Gasteiger partial charge in [-0.15, -0.1) is 0 Å². The highest BCUT2D eigenvalue weighted by Crippen LogP contribution is 2.25. The van der Waals surface area contributed by atoms with Crippen molar-refractivity contribution in [1.29, 1.82) is 0 Å². The van der Waals surface area contributed by atoms with E-state index in [1.54, 1.807) is 37.4 Å². The Bertz CT molecular complexity index is 755. The zero-order valence-electron chi connectivity index (χ0n) is 14.8. The molecule has 0 radical (unpaired) electrons. The van der Waals surface area contributed by atoms with E-state index in [0.717, 1.165) is 10.0 Å². The van der Waals surface area contributed by atoms with E-state index in [9.17, 15) is 9.59 Å². The first-order valence-electron chi connectivity index (χ1n) is 8.27. The lowest BCUT2D eigenvalue weighted by molar-refractivity contribution is -0.144. The minimum Gasteiger partial charge on any atom is -0.496 e. The number of ketones is 1. The summed E-state index contributed by atoms with van der Waals surface area (Å²) in [6, 6.07) is 12.3. The number of carbonyl (C=O) groups is 2. The largest absolute Gasteiger partial charge is 0.496 e. The molecule has 0 aliphatic heterocycles. The van der Waals surface area contributed by atoms with Crippen LogP contribution in [0.3, 0.4) is 0 Å². The second kappa shape index (κ2) is 9.97. The van der Waals surface area contributed by atoms with E-state index < -0.39 is 5.97 Å². The van der Waals surface area contributed by atoms with Crippen LogP contribution in [-0.4, -0.2) is 25.5 Å². The molecule has 0 saturated heterocycles. The molecule has 0 aliphatic rings. The van der Waals surface area contributed by atoms with Gasteiger partial charge in [-0.25, -0.2) is 0 Å². The molecular weight excluding hydrogens is 400 g/mol. The fraction of sp³-hybridized carbons (Fsp3) is 0.300. The number of ether oxygens (including phenoxy) is 3. The van der Waals surface area contributed by atoms with Gasteiger partial charge in [-0.3, -0.25) is 9.59 Å². The first kappa shape index (κ1) is 20.0. The smallest absolute Gasteiger partial charge is 0.306 e. The molecule has 5 nitrogen and oxygen atoms in total. The van der Waals surface area contributed by atoms with Gasteiger partial charge < -0.3 is 14.2 Å². The second-order valence-corrected chi connectivity index (χ2v) is 6.36. The third-order valence-electron chi connectivity index (χ3n) is 3.66. The van der Waals surface area contributed by atoms with E-state index >= 15 is 0 Å². The zero-order chi connectivity index (χ0) is 18.9. The number of Topliss-reactive ketones (excluding diaryl/α,β-unsaturated/α-hetero) is 1. The topological polar surface area (TPSA) is 61.8 Å². The van der Waals surface area contributed by atoms with E-state index in [1.807, 2.05) is 19.1 Å². The normalized spacial score (nSPS) is 10.3. The summed E-state index contributed by atoms with van der Waals surface area (Å²) in [5.74, 6) is 0.920. The third-order valence-corrected chi connectivity index (χ3v) is 4.28. The maximum absolute atomic E-state index is 12.1. The Hall–Kier alpha value is -2.34. The molecule has 0 saturated carbocycles. The number of halogens is 1. The Balaban J connectivity index is 1.79. The third kappa shape index (κ3) is 5.88. The van der Waals surface area contributed by atoms with Crippen LogP contribution in [0.1, 0.15) is 35.7 Å². The van der Waals surface area contributed by atoms with Gasteiger partial charge in [0.1, 0.15) is 18.1 Å². The predicted octanol–water partition coefficient (Wildman–Crippen LogP) is 4.56. The van der Waals surface area contributed by atoms with Gasteiger partial charge in [0.05, 0.1) is 24.6 Å². The Morgan fingerprint density at radius 2 is 1.77 bits per heavy atom. The summed E-state index contributed by atoms with van der Waals surface area (Å²) in [5.41, 5.74) is 1.39. The lowest BCUT2D eigenvalue weighted by atomic mass is 10.1. The van der Waals surface area contributed by atoms with Crippen LogP contribution in [0.5, 0.6) is 11.5 Å². The molecule has 6 heteroatoms. The van der Waals surface area contributed by atoms with Crippen LogP contribution in [0.15, 0.2) is 46.9 Å². The van der Waals surface area contributed by atoms with Crippen molar-refractivity contribution in [1.82, 2.24) is 0 Å². The molecular formula is C20H21BrO5. The molecule has 2 rings (SSSR count). The molecule has 0 aliphatic carbocycles. The Morgan fingerprint density at radius 1 is 1.04 bits per heavy atom. The summed E-state index contributed by atoms with van der Waals surface area (Å²) in [5, 5.41) is 0. The number of rotatable bonds is 9. The molecule has 0 bridgehead atoms. The monoisotopic (exact) mass is 420 g/mol. The van der Waals surface area contributed by atoms with Crippen LogP contribution in [0.25, 0.3) is 0 Å². The average molecular weight is 421 g/mol. The van der Waals surface area contributed by atoms with Gasteiger partial charge in [0.2, 0.25) is 0 Å². The molecule has 0 heterocycles. The highest BCUT2D eigenvalue weighted by molar-refractivity contribution is 9.10. The number of esters is 1. The summed E-state index contributed by atoms with van der Waals surface area (Å²) in [6.07, 6.45) is 0.155. The summed E-state index contributed by atoms with van der Waals surface area (Å²) < 4.78 is 16.5. The van der Waals surface area contributed by atoms with Crippen molar-refractivity contribution in [3.63, 3.8) is 0 Å². The van der Waals surface area contributed by atoms with Crippen molar-refractivity contribution in [2.24, 2.45) is 0 Å². The number of carbonyl (C=O) groups excluding carboxylic acids is 2. The number of hydrogen-bond acceptors (Lipinski definition) is 5.